The molecule has 1 N–H and O–H groups in total. The fourth-order valence-electron chi connectivity index (χ4n) is 3.01. The van der Waals surface area contributed by atoms with Crippen molar-refractivity contribution < 1.29 is 18.7 Å². The molecule has 0 aliphatic carbocycles. The molecule has 0 spiro atoms. The van der Waals surface area contributed by atoms with E-state index in [1.165, 1.54) is 12.1 Å². The monoisotopic (exact) mass is 337 g/mol. The van der Waals surface area contributed by atoms with Crippen molar-refractivity contribution in [1.82, 2.24) is 15.1 Å². The first-order chi connectivity index (χ1) is 11.7. The minimum absolute atomic E-state index is 0.155. The number of nitrogens with one attached hydrogen (secondary N) is 1. The van der Waals surface area contributed by atoms with Gasteiger partial charge in [0.25, 0.3) is 0 Å². The molecule has 0 saturated carbocycles. The number of amides is 1. The Hall–Kier alpha value is -1.70. The normalized spacial score (nSPS) is 22.4. The van der Waals surface area contributed by atoms with Crippen LogP contribution < -0.4 is 10.1 Å². The number of hydrogen-bond acceptors (Lipinski definition) is 5. The molecule has 2 fully saturated rings. The zero-order valence-corrected chi connectivity index (χ0v) is 13.7. The van der Waals surface area contributed by atoms with E-state index in [-0.39, 0.29) is 17.8 Å². The van der Waals surface area contributed by atoms with Gasteiger partial charge in [0.2, 0.25) is 5.91 Å². The van der Waals surface area contributed by atoms with Gasteiger partial charge in [-0.3, -0.25) is 9.69 Å². The third-order valence-electron chi connectivity index (χ3n) is 4.37. The lowest BCUT2D eigenvalue weighted by Crippen LogP contribution is -2.59. The molecule has 2 aliphatic heterocycles. The molecule has 6 nitrogen and oxygen atoms in total. The molecule has 7 heteroatoms. The molecule has 1 atom stereocenters. The van der Waals surface area contributed by atoms with Gasteiger partial charge in [0.15, 0.2) is 0 Å². The first-order valence-electron chi connectivity index (χ1n) is 8.43. The van der Waals surface area contributed by atoms with Crippen LogP contribution in [0.1, 0.15) is 0 Å². The van der Waals surface area contributed by atoms with Crippen LogP contribution in [0.25, 0.3) is 0 Å². The van der Waals surface area contributed by atoms with Crippen molar-refractivity contribution in [2.45, 2.75) is 6.04 Å². The molecule has 0 bridgehead atoms. The highest BCUT2D eigenvalue weighted by Gasteiger charge is 2.29. The minimum atomic E-state index is -0.270. The van der Waals surface area contributed by atoms with Crippen LogP contribution in [0.4, 0.5) is 4.39 Å². The maximum Gasteiger partial charge on any atom is 0.241 e. The lowest BCUT2D eigenvalue weighted by Gasteiger charge is -2.36. The number of ether oxygens (including phenoxy) is 2. The van der Waals surface area contributed by atoms with Gasteiger partial charge < -0.3 is 19.7 Å². The molecule has 3 rings (SSSR count). The van der Waals surface area contributed by atoms with Crippen molar-refractivity contribution in [1.29, 1.82) is 0 Å². The number of nitrogens with zero attached hydrogens (tertiary/aromatic N) is 2. The van der Waals surface area contributed by atoms with Crippen molar-refractivity contribution in [2.75, 3.05) is 59.1 Å². The second kappa shape index (κ2) is 8.41. The molecule has 0 aromatic heterocycles. The zero-order valence-electron chi connectivity index (χ0n) is 13.7. The SMILES string of the molecule is O=C(C1CN(CCOc2ccc(F)cc2)CCN1)N1CCOCC1. The van der Waals surface area contributed by atoms with Gasteiger partial charge in [0, 0.05) is 39.3 Å². The topological polar surface area (TPSA) is 54.0 Å². The van der Waals surface area contributed by atoms with Gasteiger partial charge in [-0.05, 0) is 24.3 Å². The van der Waals surface area contributed by atoms with E-state index in [1.807, 2.05) is 4.90 Å². The number of carbonyl (C=O) groups is 1. The zero-order chi connectivity index (χ0) is 16.8. The molecule has 1 aromatic carbocycles. The maximum atomic E-state index is 12.9. The highest BCUT2D eigenvalue weighted by atomic mass is 19.1. The summed E-state index contributed by atoms with van der Waals surface area (Å²) in [6.07, 6.45) is 0. The van der Waals surface area contributed by atoms with Gasteiger partial charge in [0.1, 0.15) is 18.2 Å². The second-order valence-electron chi connectivity index (χ2n) is 6.05. The molecular formula is C17H24FN3O3. The van der Waals surface area contributed by atoms with Gasteiger partial charge in [-0.1, -0.05) is 0 Å². The summed E-state index contributed by atoms with van der Waals surface area (Å²) in [5.41, 5.74) is 0. The van der Waals surface area contributed by atoms with Crippen LogP contribution in [0, 0.1) is 5.82 Å². The molecule has 1 aromatic rings. The summed E-state index contributed by atoms with van der Waals surface area (Å²) in [7, 11) is 0. The first-order valence-corrected chi connectivity index (χ1v) is 8.43. The second-order valence-corrected chi connectivity index (χ2v) is 6.05. The number of halogens is 1. The summed E-state index contributed by atoms with van der Waals surface area (Å²) in [6.45, 7) is 6.20. The number of carbonyl (C=O) groups excluding carboxylic acids is 1. The van der Waals surface area contributed by atoms with E-state index >= 15 is 0 Å². The van der Waals surface area contributed by atoms with Gasteiger partial charge >= 0.3 is 0 Å². The van der Waals surface area contributed by atoms with E-state index in [4.69, 9.17) is 9.47 Å². The minimum Gasteiger partial charge on any atom is -0.492 e. The molecule has 24 heavy (non-hydrogen) atoms. The summed E-state index contributed by atoms with van der Waals surface area (Å²) in [5, 5.41) is 3.30. The van der Waals surface area contributed by atoms with Crippen LogP contribution in [-0.4, -0.2) is 80.8 Å². The van der Waals surface area contributed by atoms with Crippen LogP contribution in [0.2, 0.25) is 0 Å². The average Bonchev–Trinajstić information content (AvgIpc) is 2.64. The van der Waals surface area contributed by atoms with E-state index in [0.29, 0.717) is 45.2 Å². The van der Waals surface area contributed by atoms with Crippen molar-refractivity contribution in [3.63, 3.8) is 0 Å². The lowest BCUT2D eigenvalue weighted by atomic mass is 10.1. The smallest absolute Gasteiger partial charge is 0.241 e. The first kappa shape index (κ1) is 17.1. The van der Waals surface area contributed by atoms with Crippen molar-refractivity contribution >= 4 is 5.91 Å². The molecule has 0 radical (unpaired) electrons. The number of piperazine rings is 1. The van der Waals surface area contributed by atoms with Gasteiger partial charge in [0.05, 0.1) is 19.3 Å². The molecule has 2 aliphatic rings. The van der Waals surface area contributed by atoms with E-state index in [0.717, 1.165) is 19.6 Å². The van der Waals surface area contributed by atoms with E-state index in [1.54, 1.807) is 12.1 Å². The Morgan fingerprint density at radius 2 is 2.00 bits per heavy atom. The molecular weight excluding hydrogens is 313 g/mol. The molecule has 1 amide bonds. The summed E-state index contributed by atoms with van der Waals surface area (Å²) < 4.78 is 23.8. The Labute approximate surface area is 141 Å². The summed E-state index contributed by atoms with van der Waals surface area (Å²) in [4.78, 5) is 16.6. The summed E-state index contributed by atoms with van der Waals surface area (Å²) in [5.74, 6) is 0.545. The van der Waals surface area contributed by atoms with Crippen molar-refractivity contribution in [3.05, 3.63) is 30.1 Å². The Balaban J connectivity index is 1.43. The van der Waals surface area contributed by atoms with Crippen LogP contribution >= 0.6 is 0 Å². The fraction of sp³-hybridized carbons (Fsp3) is 0.588. The van der Waals surface area contributed by atoms with Crippen LogP contribution in [-0.2, 0) is 9.53 Å². The van der Waals surface area contributed by atoms with Crippen molar-refractivity contribution in [3.8, 4) is 5.75 Å². The predicted molar refractivity (Wildman–Crippen MR) is 87.5 cm³/mol. The number of hydrogen-bond donors (Lipinski definition) is 1. The highest BCUT2D eigenvalue weighted by Crippen LogP contribution is 2.11. The molecule has 132 valence electrons. The third kappa shape index (κ3) is 4.66. The molecule has 2 saturated heterocycles. The Morgan fingerprint density at radius 3 is 2.75 bits per heavy atom. The third-order valence-corrected chi connectivity index (χ3v) is 4.37. The van der Waals surface area contributed by atoms with Crippen LogP contribution in [0.3, 0.4) is 0 Å². The average molecular weight is 337 g/mol. The number of rotatable bonds is 5. The number of benzene rings is 1. The quantitative estimate of drug-likeness (QED) is 0.840. The predicted octanol–water partition coefficient (Wildman–Crippen LogP) is 0.337. The Morgan fingerprint density at radius 1 is 1.25 bits per heavy atom. The van der Waals surface area contributed by atoms with E-state index in [2.05, 4.69) is 10.2 Å². The van der Waals surface area contributed by atoms with E-state index in [9.17, 15) is 9.18 Å². The van der Waals surface area contributed by atoms with E-state index < -0.39 is 0 Å². The summed E-state index contributed by atoms with van der Waals surface area (Å²) >= 11 is 0. The van der Waals surface area contributed by atoms with Gasteiger partial charge in [-0.15, -0.1) is 0 Å². The standard InChI is InChI=1S/C17H24FN3O3/c18-14-1-3-15(4-2-14)24-12-7-20-6-5-19-16(13-20)17(22)21-8-10-23-11-9-21/h1-4,16,19H,5-13H2. The van der Waals surface area contributed by atoms with Crippen LogP contribution in [0.5, 0.6) is 5.75 Å². The fourth-order valence-corrected chi connectivity index (χ4v) is 3.01. The lowest BCUT2D eigenvalue weighted by molar-refractivity contribution is -0.138. The largest absolute Gasteiger partial charge is 0.492 e. The maximum absolute atomic E-state index is 12.9. The van der Waals surface area contributed by atoms with Crippen molar-refractivity contribution in [2.24, 2.45) is 0 Å². The van der Waals surface area contributed by atoms with Crippen LogP contribution in [0.15, 0.2) is 24.3 Å². The summed E-state index contributed by atoms with van der Waals surface area (Å²) in [6, 6.07) is 5.85. The Kier molecular flexibility index (Phi) is 6.01. The number of morpholine rings is 1. The van der Waals surface area contributed by atoms with Gasteiger partial charge in [-0.2, -0.15) is 0 Å². The van der Waals surface area contributed by atoms with Gasteiger partial charge in [-0.25, -0.2) is 4.39 Å². The molecule has 1 unspecified atom stereocenters. The highest BCUT2D eigenvalue weighted by molar-refractivity contribution is 5.82. The molecule has 2 heterocycles. The Bertz CT molecular complexity index is 534.